The van der Waals surface area contributed by atoms with Gasteiger partial charge in [0.1, 0.15) is 5.75 Å². The van der Waals surface area contributed by atoms with E-state index >= 15 is 0 Å². The maximum atomic E-state index is 11.8. The van der Waals surface area contributed by atoms with Crippen LogP contribution in [0.5, 0.6) is 5.75 Å². The summed E-state index contributed by atoms with van der Waals surface area (Å²) in [6.07, 6.45) is 4.25. The van der Waals surface area contributed by atoms with Crippen molar-refractivity contribution >= 4 is 17.5 Å². The average molecular weight is 290 g/mol. The molecule has 0 spiro atoms. The molecule has 0 bridgehead atoms. The highest BCUT2D eigenvalue weighted by Crippen LogP contribution is 2.18. The minimum Gasteiger partial charge on any atom is -0.491 e. The highest BCUT2D eigenvalue weighted by Gasteiger charge is 2.21. The summed E-state index contributed by atoms with van der Waals surface area (Å²) in [6.45, 7) is 3.89. The summed E-state index contributed by atoms with van der Waals surface area (Å²) in [5.74, 6) is -0.456. The van der Waals surface area contributed by atoms with E-state index in [9.17, 15) is 9.59 Å². The Morgan fingerprint density at radius 2 is 1.71 bits per heavy atom. The van der Waals surface area contributed by atoms with Crippen molar-refractivity contribution in [3.63, 3.8) is 0 Å². The summed E-state index contributed by atoms with van der Waals surface area (Å²) in [4.78, 5) is 23.6. The normalized spacial score (nSPS) is 15.0. The number of amides is 2. The molecule has 1 aliphatic rings. The first-order chi connectivity index (χ1) is 10.0. The average Bonchev–Trinajstić information content (AvgIpc) is 2.93. The Labute approximate surface area is 125 Å². The number of nitrogens with one attached hydrogen (secondary N) is 2. The largest absolute Gasteiger partial charge is 0.491 e. The number of anilines is 1. The lowest BCUT2D eigenvalue weighted by Crippen LogP contribution is -2.40. The number of hydrogen-bond donors (Lipinski definition) is 2. The van der Waals surface area contributed by atoms with E-state index in [1.807, 2.05) is 13.8 Å². The molecule has 0 heterocycles. The van der Waals surface area contributed by atoms with Gasteiger partial charge in [-0.15, -0.1) is 0 Å². The second-order valence-electron chi connectivity index (χ2n) is 5.60. The first kappa shape index (κ1) is 15.4. The molecule has 0 aromatic heterocycles. The summed E-state index contributed by atoms with van der Waals surface area (Å²) < 4.78 is 5.52. The molecular weight excluding hydrogens is 268 g/mol. The Kier molecular flexibility index (Phi) is 5.20. The van der Waals surface area contributed by atoms with Crippen molar-refractivity contribution in [2.24, 2.45) is 0 Å². The number of ether oxygens (including phenoxy) is 1. The molecule has 1 aromatic rings. The molecule has 1 saturated carbocycles. The topological polar surface area (TPSA) is 67.4 Å². The lowest BCUT2D eigenvalue weighted by molar-refractivity contribution is -0.136. The van der Waals surface area contributed by atoms with Crippen molar-refractivity contribution in [2.45, 2.75) is 51.7 Å². The van der Waals surface area contributed by atoms with E-state index in [4.69, 9.17) is 4.74 Å². The van der Waals surface area contributed by atoms with Gasteiger partial charge in [-0.05, 0) is 51.0 Å². The van der Waals surface area contributed by atoms with Crippen LogP contribution in [0.3, 0.4) is 0 Å². The lowest BCUT2D eigenvalue weighted by atomic mass is 10.2. The van der Waals surface area contributed by atoms with E-state index in [0.29, 0.717) is 5.69 Å². The highest BCUT2D eigenvalue weighted by molar-refractivity contribution is 6.39. The second kappa shape index (κ2) is 7.11. The van der Waals surface area contributed by atoms with Crippen LogP contribution in [-0.4, -0.2) is 24.0 Å². The number of rotatable bonds is 4. The van der Waals surface area contributed by atoms with E-state index in [-0.39, 0.29) is 12.1 Å². The van der Waals surface area contributed by atoms with Crippen LogP contribution in [0, 0.1) is 0 Å². The number of benzene rings is 1. The maximum absolute atomic E-state index is 11.8. The third kappa shape index (κ3) is 4.77. The maximum Gasteiger partial charge on any atom is 0.313 e. The van der Waals surface area contributed by atoms with E-state index in [2.05, 4.69) is 10.6 Å². The summed E-state index contributed by atoms with van der Waals surface area (Å²) in [5, 5.41) is 5.35. The zero-order chi connectivity index (χ0) is 15.2. The van der Waals surface area contributed by atoms with Gasteiger partial charge in [-0.25, -0.2) is 0 Å². The Balaban J connectivity index is 1.85. The predicted molar refractivity (Wildman–Crippen MR) is 81.2 cm³/mol. The van der Waals surface area contributed by atoms with Crippen molar-refractivity contribution in [1.82, 2.24) is 5.32 Å². The van der Waals surface area contributed by atoms with Gasteiger partial charge in [0.05, 0.1) is 6.10 Å². The smallest absolute Gasteiger partial charge is 0.313 e. The molecule has 1 aliphatic carbocycles. The van der Waals surface area contributed by atoms with Gasteiger partial charge in [-0.2, -0.15) is 0 Å². The van der Waals surface area contributed by atoms with Crippen LogP contribution in [0.4, 0.5) is 5.69 Å². The molecule has 0 aliphatic heterocycles. The molecule has 0 saturated heterocycles. The fraction of sp³-hybridized carbons (Fsp3) is 0.500. The van der Waals surface area contributed by atoms with Crippen molar-refractivity contribution < 1.29 is 14.3 Å². The minimum absolute atomic E-state index is 0.0997. The number of hydrogen-bond acceptors (Lipinski definition) is 3. The number of carbonyl (C=O) groups is 2. The van der Waals surface area contributed by atoms with Gasteiger partial charge in [0.25, 0.3) is 0 Å². The van der Waals surface area contributed by atoms with Crippen LogP contribution >= 0.6 is 0 Å². The molecule has 2 amide bonds. The summed E-state index contributed by atoms with van der Waals surface area (Å²) in [6, 6.07) is 7.12. The van der Waals surface area contributed by atoms with Crippen molar-refractivity contribution in [2.75, 3.05) is 5.32 Å². The summed E-state index contributed by atoms with van der Waals surface area (Å²) in [5.41, 5.74) is 0.581. The summed E-state index contributed by atoms with van der Waals surface area (Å²) >= 11 is 0. The molecule has 5 heteroatoms. The van der Waals surface area contributed by atoms with Gasteiger partial charge >= 0.3 is 11.8 Å². The van der Waals surface area contributed by atoms with E-state index in [0.717, 1.165) is 31.4 Å². The molecule has 0 atom stereocenters. The van der Waals surface area contributed by atoms with Gasteiger partial charge in [0.15, 0.2) is 0 Å². The fourth-order valence-electron chi connectivity index (χ4n) is 2.40. The molecule has 0 radical (unpaired) electrons. The predicted octanol–water partition coefficient (Wildman–Crippen LogP) is 2.47. The van der Waals surface area contributed by atoms with Crippen LogP contribution in [0.2, 0.25) is 0 Å². The lowest BCUT2D eigenvalue weighted by Gasteiger charge is -2.12. The van der Waals surface area contributed by atoms with Gasteiger partial charge in [-0.3, -0.25) is 9.59 Å². The molecule has 5 nitrogen and oxygen atoms in total. The third-order valence-corrected chi connectivity index (χ3v) is 3.38. The fourth-order valence-corrected chi connectivity index (χ4v) is 2.40. The third-order valence-electron chi connectivity index (χ3n) is 3.38. The van der Waals surface area contributed by atoms with Crippen LogP contribution in [-0.2, 0) is 9.59 Å². The molecule has 21 heavy (non-hydrogen) atoms. The quantitative estimate of drug-likeness (QED) is 0.837. The van der Waals surface area contributed by atoms with Crippen molar-refractivity contribution in [3.05, 3.63) is 24.3 Å². The van der Waals surface area contributed by atoms with Crippen LogP contribution in [0.25, 0.3) is 0 Å². The Morgan fingerprint density at radius 1 is 1.10 bits per heavy atom. The molecule has 0 unspecified atom stereocenters. The summed E-state index contributed by atoms with van der Waals surface area (Å²) in [7, 11) is 0. The standard InChI is InChI=1S/C16H22N2O3/c1-11(2)21-14-9-7-13(8-10-14)18-16(20)15(19)17-12-5-3-4-6-12/h7-12H,3-6H2,1-2H3,(H,17,19)(H,18,20). The Hall–Kier alpha value is -2.04. The molecule has 2 rings (SSSR count). The van der Waals surface area contributed by atoms with Crippen molar-refractivity contribution in [1.29, 1.82) is 0 Å². The molecule has 1 fully saturated rings. The SMILES string of the molecule is CC(C)Oc1ccc(NC(=O)C(=O)NC2CCCC2)cc1. The van der Waals surface area contributed by atoms with E-state index in [1.165, 1.54) is 0 Å². The zero-order valence-corrected chi connectivity index (χ0v) is 12.5. The van der Waals surface area contributed by atoms with E-state index < -0.39 is 11.8 Å². The Morgan fingerprint density at radius 3 is 2.29 bits per heavy atom. The molecule has 2 N–H and O–H groups in total. The Bertz CT molecular complexity index is 491. The monoisotopic (exact) mass is 290 g/mol. The van der Waals surface area contributed by atoms with Crippen molar-refractivity contribution in [3.8, 4) is 5.75 Å². The highest BCUT2D eigenvalue weighted by atomic mass is 16.5. The molecule has 1 aromatic carbocycles. The zero-order valence-electron chi connectivity index (χ0n) is 12.5. The molecule has 114 valence electrons. The first-order valence-corrected chi connectivity index (χ1v) is 7.43. The minimum atomic E-state index is -0.626. The van der Waals surface area contributed by atoms with Gasteiger partial charge in [0, 0.05) is 11.7 Å². The van der Waals surface area contributed by atoms with Gasteiger partial charge in [0.2, 0.25) is 0 Å². The molecular formula is C16H22N2O3. The van der Waals surface area contributed by atoms with E-state index in [1.54, 1.807) is 24.3 Å². The van der Waals surface area contributed by atoms with Crippen LogP contribution < -0.4 is 15.4 Å². The van der Waals surface area contributed by atoms with Gasteiger partial charge in [-0.1, -0.05) is 12.8 Å². The van der Waals surface area contributed by atoms with Crippen LogP contribution in [0.1, 0.15) is 39.5 Å². The first-order valence-electron chi connectivity index (χ1n) is 7.43. The van der Waals surface area contributed by atoms with Gasteiger partial charge < -0.3 is 15.4 Å². The van der Waals surface area contributed by atoms with Crippen LogP contribution in [0.15, 0.2) is 24.3 Å². The number of carbonyl (C=O) groups excluding carboxylic acids is 2. The second-order valence-corrected chi connectivity index (χ2v) is 5.60.